The van der Waals surface area contributed by atoms with Crippen LogP contribution in [0.15, 0.2) is 0 Å². The maximum atomic E-state index is 12.3. The van der Waals surface area contributed by atoms with Crippen LogP contribution in [0.2, 0.25) is 0 Å². The summed E-state index contributed by atoms with van der Waals surface area (Å²) in [6, 6.07) is -0.125. The monoisotopic (exact) mass is 272 g/mol. The van der Waals surface area contributed by atoms with E-state index in [4.69, 9.17) is 0 Å². The Balaban J connectivity index is 5.01. The summed E-state index contributed by atoms with van der Waals surface area (Å²) in [7, 11) is 0. The molecule has 0 spiro atoms. The molecule has 0 aliphatic heterocycles. The summed E-state index contributed by atoms with van der Waals surface area (Å²) in [5, 5.41) is 12.1. The first-order valence-electron chi connectivity index (χ1n) is 6.79. The van der Waals surface area contributed by atoms with E-state index >= 15 is 0 Å². The number of amides is 2. The fourth-order valence-corrected chi connectivity index (χ4v) is 1.60. The van der Waals surface area contributed by atoms with Gasteiger partial charge in [0.25, 0.3) is 0 Å². The SMILES string of the molecule is CCCN(C(=O)NC(C)(C)C(C)(C)C(=O)O)C(C)C. The van der Waals surface area contributed by atoms with Crippen molar-refractivity contribution in [1.29, 1.82) is 0 Å². The molecule has 0 atom stereocenters. The fourth-order valence-electron chi connectivity index (χ4n) is 1.60. The van der Waals surface area contributed by atoms with Gasteiger partial charge in [-0.05, 0) is 48.0 Å². The molecule has 0 aromatic heterocycles. The summed E-state index contributed by atoms with van der Waals surface area (Å²) >= 11 is 0. The van der Waals surface area contributed by atoms with Crippen LogP contribution in [-0.4, -0.2) is 40.1 Å². The Hall–Kier alpha value is -1.26. The quantitative estimate of drug-likeness (QED) is 0.781. The van der Waals surface area contributed by atoms with Gasteiger partial charge in [0.05, 0.1) is 11.0 Å². The van der Waals surface area contributed by atoms with Gasteiger partial charge in [0.1, 0.15) is 0 Å². The predicted molar refractivity (Wildman–Crippen MR) is 76.2 cm³/mol. The van der Waals surface area contributed by atoms with Gasteiger partial charge in [-0.1, -0.05) is 6.92 Å². The zero-order valence-electron chi connectivity index (χ0n) is 13.2. The molecule has 0 rings (SSSR count). The standard InChI is InChI=1S/C14H28N2O3/c1-8-9-16(10(2)3)12(19)15-14(6,7)13(4,5)11(17)18/h10H,8-9H2,1-7H3,(H,15,19)(H,17,18). The molecular formula is C14H28N2O3. The molecule has 5 nitrogen and oxygen atoms in total. The number of urea groups is 1. The Morgan fingerprint density at radius 1 is 1.21 bits per heavy atom. The number of nitrogens with one attached hydrogen (secondary N) is 1. The largest absolute Gasteiger partial charge is 0.481 e. The number of carbonyl (C=O) groups excluding carboxylic acids is 1. The lowest BCUT2D eigenvalue weighted by Crippen LogP contribution is -2.60. The highest BCUT2D eigenvalue weighted by Gasteiger charge is 2.45. The van der Waals surface area contributed by atoms with Crippen LogP contribution in [0.1, 0.15) is 54.9 Å². The summed E-state index contributed by atoms with van der Waals surface area (Å²) in [5.41, 5.74) is -1.88. The van der Waals surface area contributed by atoms with Crippen molar-refractivity contribution in [2.24, 2.45) is 5.41 Å². The average molecular weight is 272 g/mol. The Bertz CT molecular complexity index is 336. The molecule has 0 unspecified atom stereocenters. The van der Waals surface area contributed by atoms with E-state index < -0.39 is 16.9 Å². The molecule has 0 bridgehead atoms. The molecule has 5 heteroatoms. The zero-order chi connectivity index (χ0) is 15.4. The van der Waals surface area contributed by atoms with Crippen LogP contribution in [0.3, 0.4) is 0 Å². The van der Waals surface area contributed by atoms with Crippen molar-refractivity contribution < 1.29 is 14.7 Å². The van der Waals surface area contributed by atoms with Gasteiger partial charge in [0.15, 0.2) is 0 Å². The van der Waals surface area contributed by atoms with Crippen LogP contribution >= 0.6 is 0 Å². The molecule has 0 aromatic rings. The van der Waals surface area contributed by atoms with Crippen LogP contribution < -0.4 is 5.32 Å². The first-order chi connectivity index (χ1) is 8.47. The molecular weight excluding hydrogens is 244 g/mol. The van der Waals surface area contributed by atoms with E-state index in [9.17, 15) is 14.7 Å². The number of carboxylic acids is 1. The van der Waals surface area contributed by atoms with Crippen molar-refractivity contribution in [3.8, 4) is 0 Å². The molecule has 0 aliphatic rings. The van der Waals surface area contributed by atoms with E-state index in [1.807, 2.05) is 20.8 Å². The number of rotatable bonds is 6. The van der Waals surface area contributed by atoms with E-state index in [0.29, 0.717) is 6.54 Å². The second-order valence-electron chi connectivity index (χ2n) is 6.27. The lowest BCUT2D eigenvalue weighted by Gasteiger charge is -2.40. The van der Waals surface area contributed by atoms with Gasteiger partial charge in [-0.15, -0.1) is 0 Å². The maximum Gasteiger partial charge on any atom is 0.318 e. The van der Waals surface area contributed by atoms with Crippen molar-refractivity contribution in [3.63, 3.8) is 0 Å². The van der Waals surface area contributed by atoms with Crippen molar-refractivity contribution in [2.75, 3.05) is 6.54 Å². The summed E-state index contributed by atoms with van der Waals surface area (Å²) in [6.45, 7) is 13.3. The molecule has 19 heavy (non-hydrogen) atoms. The van der Waals surface area contributed by atoms with E-state index in [1.165, 1.54) is 0 Å². The molecule has 0 saturated carbocycles. The van der Waals surface area contributed by atoms with E-state index in [1.54, 1.807) is 32.6 Å². The Kier molecular flexibility index (Phi) is 5.84. The summed E-state index contributed by atoms with van der Waals surface area (Å²) in [4.78, 5) is 25.3. The Morgan fingerprint density at radius 3 is 2.00 bits per heavy atom. The van der Waals surface area contributed by atoms with Crippen molar-refractivity contribution in [2.45, 2.75) is 66.5 Å². The molecule has 0 radical (unpaired) electrons. The van der Waals surface area contributed by atoms with E-state index in [0.717, 1.165) is 6.42 Å². The third kappa shape index (κ3) is 4.11. The smallest absolute Gasteiger partial charge is 0.318 e. The highest BCUT2D eigenvalue weighted by atomic mass is 16.4. The minimum absolute atomic E-state index is 0.0868. The minimum Gasteiger partial charge on any atom is -0.481 e. The maximum absolute atomic E-state index is 12.3. The molecule has 0 fully saturated rings. The third-order valence-corrected chi connectivity index (χ3v) is 3.87. The number of hydrogen-bond donors (Lipinski definition) is 2. The van der Waals surface area contributed by atoms with Crippen LogP contribution in [0, 0.1) is 5.41 Å². The lowest BCUT2D eigenvalue weighted by atomic mass is 9.74. The number of carboxylic acid groups (broad SMARTS) is 1. The van der Waals surface area contributed by atoms with Gasteiger partial charge in [-0.2, -0.15) is 0 Å². The fraction of sp³-hybridized carbons (Fsp3) is 0.857. The third-order valence-electron chi connectivity index (χ3n) is 3.87. The first-order valence-corrected chi connectivity index (χ1v) is 6.79. The van der Waals surface area contributed by atoms with Gasteiger partial charge in [-0.3, -0.25) is 4.79 Å². The van der Waals surface area contributed by atoms with Gasteiger partial charge in [0.2, 0.25) is 0 Å². The van der Waals surface area contributed by atoms with Crippen LogP contribution in [0.4, 0.5) is 4.79 Å². The summed E-state index contributed by atoms with van der Waals surface area (Å²) in [6.07, 6.45) is 0.869. The minimum atomic E-state index is -1.04. The van der Waals surface area contributed by atoms with Crippen molar-refractivity contribution >= 4 is 12.0 Å². The summed E-state index contributed by atoms with van der Waals surface area (Å²) < 4.78 is 0. The number of aliphatic carboxylic acids is 1. The molecule has 112 valence electrons. The van der Waals surface area contributed by atoms with Crippen LogP contribution in [0.5, 0.6) is 0 Å². The molecule has 0 aromatic carbocycles. The molecule has 0 saturated heterocycles. The topological polar surface area (TPSA) is 69.6 Å². The second kappa shape index (κ2) is 6.26. The lowest BCUT2D eigenvalue weighted by molar-refractivity contribution is -0.150. The van der Waals surface area contributed by atoms with E-state index in [-0.39, 0.29) is 12.1 Å². The molecule has 2 N–H and O–H groups in total. The highest BCUT2D eigenvalue weighted by Crippen LogP contribution is 2.30. The molecule has 0 heterocycles. The Morgan fingerprint density at radius 2 is 1.68 bits per heavy atom. The van der Waals surface area contributed by atoms with Crippen molar-refractivity contribution in [1.82, 2.24) is 10.2 Å². The van der Waals surface area contributed by atoms with Gasteiger partial charge >= 0.3 is 12.0 Å². The molecule has 2 amide bonds. The van der Waals surface area contributed by atoms with Crippen molar-refractivity contribution in [3.05, 3.63) is 0 Å². The van der Waals surface area contributed by atoms with E-state index in [2.05, 4.69) is 5.32 Å². The van der Waals surface area contributed by atoms with Crippen LogP contribution in [0.25, 0.3) is 0 Å². The Labute approximate surface area is 116 Å². The normalized spacial score (nSPS) is 12.4. The second-order valence-corrected chi connectivity index (χ2v) is 6.27. The summed E-state index contributed by atoms with van der Waals surface area (Å²) in [5.74, 6) is -0.926. The van der Waals surface area contributed by atoms with Gasteiger partial charge in [-0.25, -0.2) is 4.79 Å². The molecule has 0 aliphatic carbocycles. The van der Waals surface area contributed by atoms with Gasteiger partial charge < -0.3 is 15.3 Å². The highest BCUT2D eigenvalue weighted by molar-refractivity contribution is 5.79. The predicted octanol–water partition coefficient (Wildman–Crippen LogP) is 2.71. The number of carbonyl (C=O) groups is 2. The number of nitrogens with zero attached hydrogens (tertiary/aromatic N) is 1. The van der Waals surface area contributed by atoms with Crippen LogP contribution in [-0.2, 0) is 4.79 Å². The number of hydrogen-bond acceptors (Lipinski definition) is 2. The average Bonchev–Trinajstić information content (AvgIpc) is 2.23. The first kappa shape index (κ1) is 17.7. The zero-order valence-corrected chi connectivity index (χ0v) is 13.2. The van der Waals surface area contributed by atoms with Gasteiger partial charge in [0, 0.05) is 12.6 Å².